The van der Waals surface area contributed by atoms with Gasteiger partial charge in [0.25, 0.3) is 12.3 Å². The van der Waals surface area contributed by atoms with Crippen molar-refractivity contribution in [2.75, 3.05) is 5.32 Å². The highest BCUT2D eigenvalue weighted by Crippen LogP contribution is 2.32. The van der Waals surface area contributed by atoms with Crippen molar-refractivity contribution >= 4 is 34.0 Å². The lowest BCUT2D eigenvalue weighted by molar-refractivity contribution is 0.100. The molecule has 4 aromatic rings. The van der Waals surface area contributed by atoms with Gasteiger partial charge in [0.1, 0.15) is 11.4 Å². The molecule has 10 heteroatoms. The Balaban J connectivity index is 1.68. The Hall–Kier alpha value is -3.17. The van der Waals surface area contributed by atoms with Gasteiger partial charge < -0.3 is 0 Å². The number of aryl methyl sites for hydroxylation is 2. The van der Waals surface area contributed by atoms with E-state index in [-0.39, 0.29) is 27.1 Å². The zero-order valence-corrected chi connectivity index (χ0v) is 18.9. The maximum absolute atomic E-state index is 14.0. The quantitative estimate of drug-likeness (QED) is 0.377. The molecule has 0 fully saturated rings. The zero-order chi connectivity index (χ0) is 23.0. The molecule has 164 valence electrons. The van der Waals surface area contributed by atoms with Crippen molar-refractivity contribution in [3.8, 4) is 17.1 Å². The molecular weight excluding hydrogens is 456 g/mol. The molecule has 6 nitrogen and oxygen atoms in total. The maximum atomic E-state index is 14.0. The van der Waals surface area contributed by atoms with E-state index >= 15 is 0 Å². The molecule has 0 saturated carbocycles. The van der Waals surface area contributed by atoms with Gasteiger partial charge in [-0.25, -0.2) is 18.4 Å². The zero-order valence-electron chi connectivity index (χ0n) is 17.4. The Morgan fingerprint density at radius 2 is 1.94 bits per heavy atom. The molecule has 32 heavy (non-hydrogen) atoms. The van der Waals surface area contributed by atoms with E-state index in [1.165, 1.54) is 18.3 Å². The standard InChI is InChI=1S/C22H18ClF2N5OS/c1-11-8-9-26-18(12(11)2)15-10-32-22(27-15)28-21(31)17-13(3)29-30(19(17)20(24)25)16-7-5-4-6-14(16)23/h4-10,20H,1-3H3,(H,27,28,31). The Labute approximate surface area is 191 Å². The Bertz CT molecular complexity index is 1320. The number of carbonyl (C=O) groups is 1. The summed E-state index contributed by atoms with van der Waals surface area (Å²) in [6.07, 6.45) is -1.25. The minimum Gasteiger partial charge on any atom is -0.298 e. The molecule has 0 aliphatic carbocycles. The van der Waals surface area contributed by atoms with Crippen LogP contribution in [-0.4, -0.2) is 25.7 Å². The number of hydrogen-bond acceptors (Lipinski definition) is 5. The van der Waals surface area contributed by atoms with Crippen LogP contribution in [0.15, 0.2) is 41.9 Å². The van der Waals surface area contributed by atoms with E-state index < -0.39 is 18.0 Å². The Morgan fingerprint density at radius 1 is 1.19 bits per heavy atom. The minimum atomic E-state index is -2.95. The van der Waals surface area contributed by atoms with Gasteiger partial charge >= 0.3 is 0 Å². The van der Waals surface area contributed by atoms with Crippen molar-refractivity contribution in [3.63, 3.8) is 0 Å². The number of alkyl halides is 2. The number of thiazole rings is 1. The minimum absolute atomic E-state index is 0.158. The molecule has 0 aliphatic rings. The average Bonchev–Trinajstić information content (AvgIpc) is 3.34. The molecule has 0 unspecified atom stereocenters. The van der Waals surface area contributed by atoms with Gasteiger partial charge in [0.05, 0.1) is 27.7 Å². The van der Waals surface area contributed by atoms with E-state index in [0.717, 1.165) is 15.8 Å². The molecule has 1 aromatic carbocycles. The molecule has 0 atom stereocenters. The highest BCUT2D eigenvalue weighted by molar-refractivity contribution is 7.14. The summed E-state index contributed by atoms with van der Waals surface area (Å²) >= 11 is 7.36. The van der Waals surface area contributed by atoms with Gasteiger partial charge in [-0.15, -0.1) is 11.3 Å². The lowest BCUT2D eigenvalue weighted by atomic mass is 10.1. The van der Waals surface area contributed by atoms with Crippen molar-refractivity contribution < 1.29 is 13.6 Å². The molecule has 1 N–H and O–H groups in total. The van der Waals surface area contributed by atoms with Crippen LogP contribution in [-0.2, 0) is 0 Å². The molecule has 1 amide bonds. The smallest absolute Gasteiger partial charge is 0.281 e. The van der Waals surface area contributed by atoms with Crippen LogP contribution in [0.3, 0.4) is 0 Å². The summed E-state index contributed by atoms with van der Waals surface area (Å²) in [7, 11) is 0. The summed E-state index contributed by atoms with van der Waals surface area (Å²) in [6.45, 7) is 5.42. The number of para-hydroxylation sites is 1. The predicted octanol–water partition coefficient (Wildman–Crippen LogP) is 6.16. The fourth-order valence-corrected chi connectivity index (χ4v) is 4.23. The van der Waals surface area contributed by atoms with Crippen LogP contribution in [0.1, 0.15) is 39.3 Å². The largest absolute Gasteiger partial charge is 0.298 e. The monoisotopic (exact) mass is 473 g/mol. The first kappa shape index (κ1) is 22.0. The van der Waals surface area contributed by atoms with Gasteiger partial charge in [0, 0.05) is 11.6 Å². The maximum Gasteiger partial charge on any atom is 0.281 e. The third-order valence-corrected chi connectivity index (χ3v) is 6.13. The molecule has 0 radical (unpaired) electrons. The van der Waals surface area contributed by atoms with Gasteiger partial charge in [0.15, 0.2) is 5.13 Å². The van der Waals surface area contributed by atoms with E-state index in [2.05, 4.69) is 20.4 Å². The van der Waals surface area contributed by atoms with Crippen molar-refractivity contribution in [2.24, 2.45) is 0 Å². The van der Waals surface area contributed by atoms with E-state index in [1.807, 2.05) is 19.9 Å². The van der Waals surface area contributed by atoms with Gasteiger partial charge in [-0.2, -0.15) is 5.10 Å². The normalized spacial score (nSPS) is 11.2. The average molecular weight is 474 g/mol. The summed E-state index contributed by atoms with van der Waals surface area (Å²) in [5.41, 5.74) is 3.05. The predicted molar refractivity (Wildman–Crippen MR) is 121 cm³/mol. The highest BCUT2D eigenvalue weighted by Gasteiger charge is 2.29. The third-order valence-electron chi connectivity index (χ3n) is 5.05. The summed E-state index contributed by atoms with van der Waals surface area (Å²) in [4.78, 5) is 21.8. The van der Waals surface area contributed by atoms with Crippen LogP contribution < -0.4 is 5.32 Å². The fraction of sp³-hybridized carbons (Fsp3) is 0.182. The second-order valence-electron chi connectivity index (χ2n) is 7.10. The molecule has 0 aliphatic heterocycles. The number of hydrogen-bond donors (Lipinski definition) is 1. The first-order valence-electron chi connectivity index (χ1n) is 9.60. The number of aromatic nitrogens is 4. The highest BCUT2D eigenvalue weighted by atomic mass is 35.5. The SMILES string of the molecule is Cc1ccnc(-c2csc(NC(=O)c3c(C)nn(-c4ccccc4Cl)c3C(F)F)n2)c1C. The summed E-state index contributed by atoms with van der Waals surface area (Å²) in [5, 5.41) is 9.07. The number of nitrogens with one attached hydrogen (secondary N) is 1. The van der Waals surface area contributed by atoms with Gasteiger partial charge in [0.2, 0.25) is 0 Å². The van der Waals surface area contributed by atoms with E-state index in [1.54, 1.807) is 35.8 Å². The second kappa shape index (κ2) is 8.76. The first-order chi connectivity index (χ1) is 15.3. The molecule has 0 bridgehead atoms. The van der Waals surface area contributed by atoms with E-state index in [0.29, 0.717) is 11.4 Å². The van der Waals surface area contributed by atoms with Crippen LogP contribution in [0.25, 0.3) is 17.1 Å². The van der Waals surface area contributed by atoms with Crippen LogP contribution >= 0.6 is 22.9 Å². The van der Waals surface area contributed by atoms with Crippen molar-refractivity contribution in [2.45, 2.75) is 27.2 Å². The lowest BCUT2D eigenvalue weighted by Crippen LogP contribution is -2.15. The fourth-order valence-electron chi connectivity index (χ4n) is 3.32. The summed E-state index contributed by atoms with van der Waals surface area (Å²) in [6, 6.07) is 8.38. The van der Waals surface area contributed by atoms with Crippen molar-refractivity contribution in [3.05, 3.63) is 75.0 Å². The number of pyridine rings is 1. The molecule has 3 heterocycles. The number of nitrogens with zero attached hydrogens (tertiary/aromatic N) is 4. The molecular formula is C22H18ClF2N5OS. The summed E-state index contributed by atoms with van der Waals surface area (Å²) in [5.74, 6) is -0.717. The van der Waals surface area contributed by atoms with Crippen LogP contribution in [0.5, 0.6) is 0 Å². The van der Waals surface area contributed by atoms with Crippen LogP contribution in [0.2, 0.25) is 5.02 Å². The second-order valence-corrected chi connectivity index (χ2v) is 8.37. The topological polar surface area (TPSA) is 72.7 Å². The van der Waals surface area contributed by atoms with Crippen LogP contribution in [0, 0.1) is 20.8 Å². The number of rotatable bonds is 5. The van der Waals surface area contributed by atoms with Crippen LogP contribution in [0.4, 0.5) is 13.9 Å². The van der Waals surface area contributed by atoms with E-state index in [9.17, 15) is 13.6 Å². The number of benzene rings is 1. The number of amides is 1. The lowest BCUT2D eigenvalue weighted by Gasteiger charge is -2.10. The van der Waals surface area contributed by atoms with Gasteiger partial charge in [-0.1, -0.05) is 23.7 Å². The molecule has 3 aromatic heterocycles. The van der Waals surface area contributed by atoms with Gasteiger partial charge in [-0.3, -0.25) is 15.1 Å². The molecule has 0 saturated heterocycles. The molecule has 4 rings (SSSR count). The Kier molecular flexibility index (Phi) is 6.03. The van der Waals surface area contributed by atoms with Crippen molar-refractivity contribution in [1.82, 2.24) is 19.7 Å². The number of carbonyl (C=O) groups excluding carboxylic acids is 1. The molecule has 0 spiro atoms. The summed E-state index contributed by atoms with van der Waals surface area (Å²) < 4.78 is 29.1. The number of anilines is 1. The number of halogens is 3. The van der Waals surface area contributed by atoms with E-state index in [4.69, 9.17) is 11.6 Å². The van der Waals surface area contributed by atoms with Gasteiger partial charge in [-0.05, 0) is 50.1 Å². The Morgan fingerprint density at radius 3 is 2.66 bits per heavy atom. The van der Waals surface area contributed by atoms with Crippen molar-refractivity contribution in [1.29, 1.82) is 0 Å². The first-order valence-corrected chi connectivity index (χ1v) is 10.9. The third kappa shape index (κ3) is 4.01.